The first-order chi connectivity index (χ1) is 9.97. The van der Waals surface area contributed by atoms with E-state index in [1.54, 1.807) is 12.3 Å². The highest BCUT2D eigenvalue weighted by Gasteiger charge is 2.30. The van der Waals surface area contributed by atoms with Crippen LogP contribution in [0.4, 0.5) is 13.2 Å². The zero-order valence-corrected chi connectivity index (χ0v) is 11.5. The molecule has 0 saturated carbocycles. The van der Waals surface area contributed by atoms with Crippen LogP contribution in [0.5, 0.6) is 0 Å². The molecule has 1 aromatic carbocycles. The molecule has 2 aromatic heterocycles. The summed E-state index contributed by atoms with van der Waals surface area (Å²) in [6, 6.07) is 7.16. The van der Waals surface area contributed by atoms with Gasteiger partial charge in [0.05, 0.1) is 21.5 Å². The monoisotopic (exact) mass is 309 g/mol. The zero-order valence-electron chi connectivity index (χ0n) is 10.7. The van der Waals surface area contributed by atoms with E-state index in [0.29, 0.717) is 27.5 Å². The minimum atomic E-state index is -4.36. The number of hydrogen-bond donors (Lipinski definition) is 1. The summed E-state index contributed by atoms with van der Waals surface area (Å²) in [5, 5.41) is 0.591. The fourth-order valence-corrected chi connectivity index (χ4v) is 2.81. The summed E-state index contributed by atoms with van der Waals surface area (Å²) in [7, 11) is 0. The van der Waals surface area contributed by atoms with E-state index in [-0.39, 0.29) is 0 Å². The molecule has 3 nitrogen and oxygen atoms in total. The maximum absolute atomic E-state index is 12.7. The van der Waals surface area contributed by atoms with Crippen molar-refractivity contribution >= 4 is 21.6 Å². The highest BCUT2D eigenvalue weighted by atomic mass is 32.1. The van der Waals surface area contributed by atoms with Gasteiger partial charge in [-0.15, -0.1) is 11.3 Å². The van der Waals surface area contributed by atoms with E-state index >= 15 is 0 Å². The average molecular weight is 309 g/mol. The minimum Gasteiger partial charge on any atom is -0.326 e. The van der Waals surface area contributed by atoms with Crippen LogP contribution in [-0.2, 0) is 12.7 Å². The van der Waals surface area contributed by atoms with Crippen molar-refractivity contribution in [3.05, 3.63) is 47.7 Å². The van der Waals surface area contributed by atoms with Crippen molar-refractivity contribution in [2.24, 2.45) is 5.73 Å². The number of pyridine rings is 1. The number of thiazole rings is 1. The molecule has 2 N–H and O–H groups in total. The minimum absolute atomic E-state index is 0.328. The Labute approximate surface area is 122 Å². The van der Waals surface area contributed by atoms with Crippen molar-refractivity contribution in [3.8, 4) is 10.7 Å². The Kier molecular flexibility index (Phi) is 3.38. The van der Waals surface area contributed by atoms with Crippen LogP contribution in [0.15, 0.2) is 36.5 Å². The molecule has 21 heavy (non-hydrogen) atoms. The van der Waals surface area contributed by atoms with Crippen LogP contribution in [0.1, 0.15) is 11.1 Å². The van der Waals surface area contributed by atoms with E-state index in [9.17, 15) is 13.2 Å². The van der Waals surface area contributed by atoms with Crippen LogP contribution in [-0.4, -0.2) is 9.97 Å². The number of aromatic nitrogens is 2. The van der Waals surface area contributed by atoms with Crippen molar-refractivity contribution in [2.75, 3.05) is 0 Å². The molecular weight excluding hydrogens is 299 g/mol. The number of rotatable bonds is 2. The van der Waals surface area contributed by atoms with Crippen molar-refractivity contribution < 1.29 is 13.2 Å². The summed E-state index contributed by atoms with van der Waals surface area (Å²) in [5.74, 6) is 0. The van der Waals surface area contributed by atoms with E-state index in [4.69, 9.17) is 5.73 Å². The van der Waals surface area contributed by atoms with Crippen molar-refractivity contribution in [1.29, 1.82) is 0 Å². The standard InChI is InChI=1S/C14H10F3N3S/c15-14(16,17)9-2-4-12-11(5-9)20-13(21-12)10-3-1-8(6-18)7-19-10/h1-5,7H,6,18H2. The third-order valence-corrected chi connectivity index (χ3v) is 4.05. The molecule has 0 aliphatic rings. The van der Waals surface area contributed by atoms with E-state index in [2.05, 4.69) is 9.97 Å². The Hall–Kier alpha value is -1.99. The van der Waals surface area contributed by atoms with Crippen LogP contribution in [0.2, 0.25) is 0 Å². The number of halogens is 3. The normalized spacial score (nSPS) is 12.0. The summed E-state index contributed by atoms with van der Waals surface area (Å²) in [4.78, 5) is 8.47. The largest absolute Gasteiger partial charge is 0.416 e. The van der Waals surface area contributed by atoms with Crippen LogP contribution >= 0.6 is 11.3 Å². The van der Waals surface area contributed by atoms with Crippen LogP contribution in [0, 0.1) is 0 Å². The van der Waals surface area contributed by atoms with Gasteiger partial charge in [0.15, 0.2) is 0 Å². The summed E-state index contributed by atoms with van der Waals surface area (Å²) < 4.78 is 38.7. The van der Waals surface area contributed by atoms with Crippen molar-refractivity contribution in [2.45, 2.75) is 12.7 Å². The highest BCUT2D eigenvalue weighted by Crippen LogP contribution is 2.34. The molecule has 3 aromatic rings. The third-order valence-electron chi connectivity index (χ3n) is 2.99. The number of hydrogen-bond acceptors (Lipinski definition) is 4. The maximum atomic E-state index is 12.7. The smallest absolute Gasteiger partial charge is 0.326 e. The van der Waals surface area contributed by atoms with Gasteiger partial charge in [0.1, 0.15) is 5.01 Å². The molecular formula is C14H10F3N3S. The number of fused-ring (bicyclic) bond motifs is 1. The average Bonchev–Trinajstić information content (AvgIpc) is 2.89. The van der Waals surface area contributed by atoms with Gasteiger partial charge in [-0.3, -0.25) is 4.98 Å². The molecule has 2 heterocycles. The molecule has 0 unspecified atom stereocenters. The van der Waals surface area contributed by atoms with Gasteiger partial charge in [-0.05, 0) is 29.8 Å². The van der Waals surface area contributed by atoms with Crippen molar-refractivity contribution in [1.82, 2.24) is 9.97 Å². The Bertz CT molecular complexity index is 778. The molecule has 0 aliphatic heterocycles. The highest BCUT2D eigenvalue weighted by molar-refractivity contribution is 7.21. The lowest BCUT2D eigenvalue weighted by Crippen LogP contribution is -2.03. The van der Waals surface area contributed by atoms with Gasteiger partial charge in [-0.1, -0.05) is 6.07 Å². The summed E-state index contributed by atoms with van der Waals surface area (Å²) in [5.41, 5.74) is 6.64. The molecule has 0 spiro atoms. The first-order valence-corrected chi connectivity index (χ1v) is 6.92. The van der Waals surface area contributed by atoms with Gasteiger partial charge in [0.25, 0.3) is 0 Å². The molecule has 0 fully saturated rings. The quantitative estimate of drug-likeness (QED) is 0.782. The second kappa shape index (κ2) is 5.09. The van der Waals surface area contributed by atoms with Gasteiger partial charge in [-0.2, -0.15) is 13.2 Å². The molecule has 108 valence electrons. The third kappa shape index (κ3) is 2.74. The molecule has 0 aliphatic carbocycles. The van der Waals surface area contributed by atoms with Gasteiger partial charge >= 0.3 is 6.18 Å². The van der Waals surface area contributed by atoms with E-state index in [1.807, 2.05) is 6.07 Å². The maximum Gasteiger partial charge on any atom is 0.416 e. The number of nitrogens with two attached hydrogens (primary N) is 1. The number of alkyl halides is 3. The Morgan fingerprint density at radius 2 is 1.95 bits per heavy atom. The lowest BCUT2D eigenvalue weighted by atomic mass is 10.2. The lowest BCUT2D eigenvalue weighted by Gasteiger charge is -2.04. The van der Waals surface area contributed by atoms with Gasteiger partial charge in [0.2, 0.25) is 0 Å². The second-order valence-corrected chi connectivity index (χ2v) is 5.49. The molecule has 7 heteroatoms. The van der Waals surface area contributed by atoms with Gasteiger partial charge in [-0.25, -0.2) is 4.98 Å². The van der Waals surface area contributed by atoms with Crippen LogP contribution in [0.25, 0.3) is 20.9 Å². The molecule has 0 amide bonds. The topological polar surface area (TPSA) is 51.8 Å². The Morgan fingerprint density at radius 1 is 1.14 bits per heavy atom. The molecule has 3 rings (SSSR count). The van der Waals surface area contributed by atoms with Gasteiger partial charge in [0, 0.05) is 12.7 Å². The number of nitrogens with zero attached hydrogens (tertiary/aromatic N) is 2. The zero-order chi connectivity index (χ0) is 15.0. The fourth-order valence-electron chi connectivity index (χ4n) is 1.89. The Balaban J connectivity index is 2.04. The van der Waals surface area contributed by atoms with E-state index < -0.39 is 11.7 Å². The first-order valence-electron chi connectivity index (χ1n) is 6.10. The van der Waals surface area contributed by atoms with Crippen LogP contribution in [0.3, 0.4) is 0 Å². The van der Waals surface area contributed by atoms with Crippen LogP contribution < -0.4 is 5.73 Å². The summed E-state index contributed by atoms with van der Waals surface area (Å²) in [6.45, 7) is 0.391. The van der Waals surface area contributed by atoms with E-state index in [1.165, 1.54) is 17.4 Å². The predicted octanol–water partition coefficient (Wildman–Crippen LogP) is 3.84. The van der Waals surface area contributed by atoms with Gasteiger partial charge < -0.3 is 5.73 Å². The number of benzene rings is 1. The molecule has 0 atom stereocenters. The predicted molar refractivity (Wildman–Crippen MR) is 75.7 cm³/mol. The fraction of sp³-hybridized carbons (Fsp3) is 0.143. The second-order valence-electron chi connectivity index (χ2n) is 4.46. The molecule has 0 saturated heterocycles. The molecule has 0 radical (unpaired) electrons. The van der Waals surface area contributed by atoms with Crippen molar-refractivity contribution in [3.63, 3.8) is 0 Å². The Morgan fingerprint density at radius 3 is 2.57 bits per heavy atom. The first kappa shape index (κ1) is 14.0. The lowest BCUT2D eigenvalue weighted by molar-refractivity contribution is -0.137. The SMILES string of the molecule is NCc1ccc(-c2nc3cc(C(F)(F)F)ccc3s2)nc1. The summed E-state index contributed by atoms with van der Waals surface area (Å²) in [6.07, 6.45) is -2.72. The summed E-state index contributed by atoms with van der Waals surface area (Å²) >= 11 is 1.31. The van der Waals surface area contributed by atoms with E-state index in [0.717, 1.165) is 17.7 Å². The molecule has 0 bridgehead atoms.